The van der Waals surface area contributed by atoms with Gasteiger partial charge in [0.2, 0.25) is 5.79 Å². The molecule has 0 aromatic carbocycles. The van der Waals surface area contributed by atoms with E-state index in [0.29, 0.717) is 12.8 Å². The van der Waals surface area contributed by atoms with Crippen molar-refractivity contribution in [2.75, 3.05) is 0 Å². The fraction of sp³-hybridized carbons (Fsp3) is 1.00. The van der Waals surface area contributed by atoms with Gasteiger partial charge in [0.25, 0.3) is 5.79 Å². The minimum Gasteiger partial charge on any atom is -0.358 e. The van der Waals surface area contributed by atoms with Gasteiger partial charge in [-0.1, -0.05) is 13.8 Å². The molecule has 2 bridgehead atoms. The van der Waals surface area contributed by atoms with Gasteiger partial charge >= 0.3 is 6.18 Å². The lowest BCUT2D eigenvalue weighted by Crippen LogP contribution is -2.75. The maximum absolute atomic E-state index is 13.6. The molecule has 1 N–H and O–H groups in total. The predicted molar refractivity (Wildman–Crippen MR) is 74.0 cm³/mol. The largest absolute Gasteiger partial charge is 0.443 e. The fourth-order valence-corrected chi connectivity index (χ4v) is 5.25. The van der Waals surface area contributed by atoms with Crippen molar-refractivity contribution in [1.82, 2.24) is 0 Å². The molecule has 8 atom stereocenters. The molecule has 1 spiro atoms. The zero-order valence-electron chi connectivity index (χ0n) is 13.9. The van der Waals surface area contributed by atoms with E-state index in [2.05, 4.69) is 6.92 Å². The third-order valence-electron chi connectivity index (χ3n) is 6.69. The first-order chi connectivity index (χ1) is 11.0. The summed E-state index contributed by atoms with van der Waals surface area (Å²) in [6.45, 7) is 5.08. The molecule has 3 unspecified atom stereocenters. The Balaban J connectivity index is 1.84. The molecule has 0 radical (unpaired) electrons. The quantitative estimate of drug-likeness (QED) is 0.679. The molecule has 5 aliphatic rings. The van der Waals surface area contributed by atoms with Gasteiger partial charge in [-0.3, -0.25) is 0 Å². The molecule has 0 aromatic heterocycles. The SMILES string of the molecule is C[C@@H]1CCC2[C@@H](C)[C@](O)(C(F)(F)F)OC3O[C@]4(C)CCC1[C@]32OO4. The smallest absolute Gasteiger partial charge is 0.358 e. The molecule has 5 fully saturated rings. The van der Waals surface area contributed by atoms with Crippen LogP contribution in [0, 0.1) is 23.7 Å². The van der Waals surface area contributed by atoms with Gasteiger partial charge in [0.15, 0.2) is 11.9 Å². The van der Waals surface area contributed by atoms with E-state index in [9.17, 15) is 18.3 Å². The first kappa shape index (κ1) is 17.0. The maximum Gasteiger partial charge on any atom is 0.443 e. The van der Waals surface area contributed by atoms with Gasteiger partial charge in [0.05, 0.1) is 0 Å². The Morgan fingerprint density at radius 1 is 1.00 bits per heavy atom. The van der Waals surface area contributed by atoms with Gasteiger partial charge in [-0.2, -0.15) is 13.2 Å². The normalized spacial score (nSPS) is 57.4. The lowest BCUT2D eigenvalue weighted by Gasteiger charge is -2.62. The molecule has 24 heavy (non-hydrogen) atoms. The fourth-order valence-electron chi connectivity index (χ4n) is 5.25. The highest BCUT2D eigenvalue weighted by atomic mass is 19.4. The van der Waals surface area contributed by atoms with E-state index >= 15 is 0 Å². The summed E-state index contributed by atoms with van der Waals surface area (Å²) >= 11 is 0. The van der Waals surface area contributed by atoms with Crippen molar-refractivity contribution in [3.63, 3.8) is 0 Å². The van der Waals surface area contributed by atoms with Gasteiger partial charge in [-0.25, -0.2) is 9.78 Å². The summed E-state index contributed by atoms with van der Waals surface area (Å²) in [4.78, 5) is 11.3. The number of hydrogen-bond acceptors (Lipinski definition) is 5. The van der Waals surface area contributed by atoms with Gasteiger partial charge in [0.1, 0.15) is 0 Å². The average molecular weight is 352 g/mol. The summed E-state index contributed by atoms with van der Waals surface area (Å²) in [5.74, 6) is -5.94. The Morgan fingerprint density at radius 3 is 2.38 bits per heavy atom. The van der Waals surface area contributed by atoms with Gasteiger partial charge in [0, 0.05) is 18.3 Å². The van der Waals surface area contributed by atoms with Crippen molar-refractivity contribution in [1.29, 1.82) is 0 Å². The van der Waals surface area contributed by atoms with Crippen LogP contribution in [-0.4, -0.2) is 34.7 Å². The Bertz CT molecular complexity index is 542. The Hall–Kier alpha value is -0.410. The summed E-state index contributed by atoms with van der Waals surface area (Å²) in [7, 11) is 0. The molecule has 5 nitrogen and oxygen atoms in total. The number of halogens is 3. The zero-order valence-corrected chi connectivity index (χ0v) is 13.9. The third-order valence-corrected chi connectivity index (χ3v) is 6.69. The van der Waals surface area contributed by atoms with Crippen molar-refractivity contribution in [3.05, 3.63) is 0 Å². The van der Waals surface area contributed by atoms with E-state index in [-0.39, 0.29) is 11.8 Å². The molecule has 0 amide bonds. The molecule has 4 saturated heterocycles. The summed E-state index contributed by atoms with van der Waals surface area (Å²) in [6.07, 6.45) is -3.70. The van der Waals surface area contributed by atoms with Crippen LogP contribution in [0.5, 0.6) is 0 Å². The van der Waals surface area contributed by atoms with Crippen LogP contribution in [0.3, 0.4) is 0 Å². The van der Waals surface area contributed by atoms with Gasteiger partial charge < -0.3 is 14.6 Å². The highest BCUT2D eigenvalue weighted by molar-refractivity contribution is 5.12. The third kappa shape index (κ3) is 1.95. The highest BCUT2D eigenvalue weighted by Crippen LogP contribution is 2.63. The summed E-state index contributed by atoms with van der Waals surface area (Å²) < 4.78 is 51.7. The highest BCUT2D eigenvalue weighted by Gasteiger charge is 2.76. The van der Waals surface area contributed by atoms with Crippen molar-refractivity contribution in [2.45, 2.75) is 76.1 Å². The molecule has 138 valence electrons. The molecule has 0 aromatic rings. The molecular weight excluding hydrogens is 329 g/mol. The monoisotopic (exact) mass is 352 g/mol. The first-order valence-corrected chi connectivity index (χ1v) is 8.55. The van der Waals surface area contributed by atoms with Crippen LogP contribution in [0.15, 0.2) is 0 Å². The van der Waals surface area contributed by atoms with Crippen molar-refractivity contribution in [3.8, 4) is 0 Å². The number of hydrogen-bond donors (Lipinski definition) is 1. The first-order valence-electron chi connectivity index (χ1n) is 8.55. The maximum atomic E-state index is 13.6. The molecule has 8 heteroatoms. The van der Waals surface area contributed by atoms with Crippen LogP contribution in [-0.2, 0) is 19.2 Å². The number of aliphatic hydroxyl groups is 1. The summed E-state index contributed by atoms with van der Waals surface area (Å²) in [5, 5.41) is 10.4. The van der Waals surface area contributed by atoms with Crippen LogP contribution < -0.4 is 0 Å². The average Bonchev–Trinajstić information content (AvgIpc) is 2.70. The van der Waals surface area contributed by atoms with Crippen LogP contribution in [0.2, 0.25) is 0 Å². The number of ether oxygens (including phenoxy) is 2. The summed E-state index contributed by atoms with van der Waals surface area (Å²) in [5.41, 5.74) is -1.11. The Kier molecular flexibility index (Phi) is 3.44. The number of rotatable bonds is 0. The topological polar surface area (TPSA) is 57.2 Å². The second kappa shape index (κ2) is 4.85. The minimum absolute atomic E-state index is 0.0363. The zero-order chi connectivity index (χ0) is 17.5. The van der Waals surface area contributed by atoms with E-state index in [1.807, 2.05) is 0 Å². The van der Waals surface area contributed by atoms with Crippen LogP contribution in [0.4, 0.5) is 13.2 Å². The Labute approximate surface area is 138 Å². The van der Waals surface area contributed by atoms with Crippen LogP contribution >= 0.6 is 0 Å². The number of alkyl halides is 3. The summed E-state index contributed by atoms with van der Waals surface area (Å²) in [6, 6.07) is 0. The van der Waals surface area contributed by atoms with E-state index in [4.69, 9.17) is 19.2 Å². The van der Waals surface area contributed by atoms with Crippen LogP contribution in [0.25, 0.3) is 0 Å². The molecular formula is C16H23F3O5. The predicted octanol–water partition coefficient (Wildman–Crippen LogP) is 3.12. The van der Waals surface area contributed by atoms with Crippen molar-refractivity contribution in [2.24, 2.45) is 23.7 Å². The number of fused-ring (bicyclic) bond motifs is 2. The lowest BCUT2D eigenvalue weighted by molar-refractivity contribution is -0.597. The van der Waals surface area contributed by atoms with Gasteiger partial charge in [-0.05, 0) is 38.0 Å². The molecule has 1 aliphatic carbocycles. The van der Waals surface area contributed by atoms with Crippen molar-refractivity contribution >= 4 is 0 Å². The molecule has 4 aliphatic heterocycles. The second-order valence-corrected chi connectivity index (χ2v) is 8.01. The molecule has 1 saturated carbocycles. The van der Waals surface area contributed by atoms with E-state index in [0.717, 1.165) is 12.8 Å². The van der Waals surface area contributed by atoms with E-state index in [1.165, 1.54) is 6.92 Å². The lowest BCUT2D eigenvalue weighted by atomic mass is 9.57. The van der Waals surface area contributed by atoms with Crippen molar-refractivity contribution < 1.29 is 37.5 Å². The Morgan fingerprint density at radius 2 is 1.71 bits per heavy atom. The second-order valence-electron chi connectivity index (χ2n) is 8.01. The minimum atomic E-state index is -4.91. The standard InChI is InChI=1S/C16H23F3O5/c1-8-4-5-11-9(2)15(20,16(17,18)19)22-12-14(11)10(8)6-7-13(3,21-12)23-24-14/h8-12,20H,4-7H2,1-3H3/t8-,9-,10?,11?,12?,13+,14-,15-/m1/s1. The van der Waals surface area contributed by atoms with Gasteiger partial charge in [-0.15, -0.1) is 0 Å². The molecule has 4 heterocycles. The van der Waals surface area contributed by atoms with E-state index < -0.39 is 41.5 Å². The van der Waals surface area contributed by atoms with E-state index in [1.54, 1.807) is 6.92 Å². The molecule has 5 rings (SSSR count). The van der Waals surface area contributed by atoms with Crippen LogP contribution in [0.1, 0.15) is 46.5 Å².